The van der Waals surface area contributed by atoms with Gasteiger partial charge >= 0.3 is 0 Å². The van der Waals surface area contributed by atoms with E-state index in [0.717, 1.165) is 21.2 Å². The van der Waals surface area contributed by atoms with E-state index in [-0.39, 0.29) is 0 Å². The van der Waals surface area contributed by atoms with Gasteiger partial charge in [-0.2, -0.15) is 0 Å². The maximum absolute atomic E-state index is 11.6. The van der Waals surface area contributed by atoms with Gasteiger partial charge in [0.1, 0.15) is 5.60 Å². The highest BCUT2D eigenvalue weighted by molar-refractivity contribution is 9.10. The molecule has 23 heavy (non-hydrogen) atoms. The van der Waals surface area contributed by atoms with Crippen molar-refractivity contribution in [1.29, 1.82) is 0 Å². The zero-order chi connectivity index (χ0) is 16.4. The fourth-order valence-electron chi connectivity index (χ4n) is 2.57. The largest absolute Gasteiger partial charge is 0.376 e. The molecule has 0 fully saturated rings. The number of hydrogen-bond donors (Lipinski definition) is 1. The van der Waals surface area contributed by atoms with E-state index in [1.807, 2.05) is 48.5 Å². The van der Waals surface area contributed by atoms with E-state index >= 15 is 0 Å². The molecule has 1 N–H and O–H groups in total. The highest BCUT2D eigenvalue weighted by Crippen LogP contribution is 2.37. The third-order valence-electron chi connectivity index (χ3n) is 3.79. The molecule has 1 nitrogen and oxygen atoms in total. The first-order chi connectivity index (χ1) is 11.0. The van der Waals surface area contributed by atoms with Crippen molar-refractivity contribution in [3.8, 4) is 0 Å². The molecule has 0 spiro atoms. The van der Waals surface area contributed by atoms with Crippen LogP contribution in [0.25, 0.3) is 0 Å². The van der Waals surface area contributed by atoms with Crippen molar-refractivity contribution >= 4 is 39.1 Å². The van der Waals surface area contributed by atoms with Crippen molar-refractivity contribution < 1.29 is 5.11 Å². The van der Waals surface area contributed by atoms with Crippen molar-refractivity contribution in [2.24, 2.45) is 0 Å². The first-order valence-corrected chi connectivity index (χ1v) is 8.55. The van der Waals surface area contributed by atoms with E-state index in [1.54, 1.807) is 24.3 Å². The quantitative estimate of drug-likeness (QED) is 0.524. The van der Waals surface area contributed by atoms with E-state index in [0.29, 0.717) is 10.0 Å². The molecule has 0 atom stereocenters. The molecule has 3 aromatic rings. The highest BCUT2D eigenvalue weighted by atomic mass is 79.9. The summed E-state index contributed by atoms with van der Waals surface area (Å²) < 4.78 is 0.954. The summed E-state index contributed by atoms with van der Waals surface area (Å²) in [6.45, 7) is 0. The normalized spacial score (nSPS) is 11.5. The van der Waals surface area contributed by atoms with E-state index in [1.165, 1.54) is 0 Å². The van der Waals surface area contributed by atoms with Crippen LogP contribution in [0.4, 0.5) is 0 Å². The van der Waals surface area contributed by atoms with Gasteiger partial charge in [0.25, 0.3) is 0 Å². The van der Waals surface area contributed by atoms with Gasteiger partial charge in [-0.05, 0) is 53.1 Å². The summed E-state index contributed by atoms with van der Waals surface area (Å²) in [5, 5.41) is 12.9. The number of aliphatic hydroxyl groups is 1. The fraction of sp³-hybridized carbons (Fsp3) is 0.0526. The molecule has 0 radical (unpaired) electrons. The monoisotopic (exact) mass is 406 g/mol. The second-order valence-electron chi connectivity index (χ2n) is 5.23. The van der Waals surface area contributed by atoms with E-state index in [4.69, 9.17) is 23.2 Å². The van der Waals surface area contributed by atoms with Gasteiger partial charge in [-0.15, -0.1) is 0 Å². The predicted molar refractivity (Wildman–Crippen MR) is 99.1 cm³/mol. The molecule has 0 heterocycles. The first-order valence-electron chi connectivity index (χ1n) is 7.00. The standard InChI is InChI=1S/C19H13BrCl2O/c20-16-7-1-13(2-8-16)19(23,14-3-9-17(21)10-4-14)15-5-11-18(22)12-6-15/h1-12,23H. The van der Waals surface area contributed by atoms with Crippen LogP contribution in [-0.2, 0) is 5.60 Å². The smallest absolute Gasteiger partial charge is 0.140 e. The molecule has 0 saturated heterocycles. The number of benzene rings is 3. The summed E-state index contributed by atoms with van der Waals surface area (Å²) in [6.07, 6.45) is 0. The van der Waals surface area contributed by atoms with Gasteiger partial charge in [-0.3, -0.25) is 0 Å². The second kappa shape index (κ2) is 6.66. The third kappa shape index (κ3) is 3.31. The lowest BCUT2D eigenvalue weighted by Gasteiger charge is -2.30. The molecule has 3 aromatic carbocycles. The summed E-state index contributed by atoms with van der Waals surface area (Å²) in [5.41, 5.74) is 0.971. The van der Waals surface area contributed by atoms with Gasteiger partial charge in [-0.25, -0.2) is 0 Å². The van der Waals surface area contributed by atoms with E-state index < -0.39 is 5.60 Å². The number of rotatable bonds is 3. The Bertz CT molecular complexity index is 685. The maximum Gasteiger partial charge on any atom is 0.140 e. The van der Waals surface area contributed by atoms with Crippen LogP contribution in [-0.4, -0.2) is 5.11 Å². The Balaban J connectivity index is 2.21. The van der Waals surface area contributed by atoms with Gasteiger partial charge in [-0.1, -0.05) is 75.5 Å². The molecule has 0 aromatic heterocycles. The zero-order valence-electron chi connectivity index (χ0n) is 12.0. The van der Waals surface area contributed by atoms with Crippen LogP contribution in [0.3, 0.4) is 0 Å². The highest BCUT2D eigenvalue weighted by Gasteiger charge is 2.33. The third-order valence-corrected chi connectivity index (χ3v) is 4.82. The summed E-state index contributed by atoms with van der Waals surface area (Å²) in [5.74, 6) is 0. The Morgan fingerprint density at radius 2 is 0.913 bits per heavy atom. The Hall–Kier alpha value is -1.32. The van der Waals surface area contributed by atoms with Gasteiger partial charge in [0.15, 0.2) is 0 Å². The Morgan fingerprint density at radius 1 is 0.609 bits per heavy atom. The van der Waals surface area contributed by atoms with E-state index in [2.05, 4.69) is 15.9 Å². The zero-order valence-corrected chi connectivity index (χ0v) is 15.1. The molecule has 0 aliphatic carbocycles. The SMILES string of the molecule is OC(c1ccc(Cl)cc1)(c1ccc(Cl)cc1)c1ccc(Br)cc1. The van der Waals surface area contributed by atoms with Crippen LogP contribution >= 0.6 is 39.1 Å². The van der Waals surface area contributed by atoms with Gasteiger partial charge in [0, 0.05) is 14.5 Å². The Kier molecular flexibility index (Phi) is 4.79. The lowest BCUT2D eigenvalue weighted by molar-refractivity contribution is 0.125. The minimum Gasteiger partial charge on any atom is -0.376 e. The summed E-state index contributed by atoms with van der Waals surface area (Å²) in [4.78, 5) is 0. The molecular weight excluding hydrogens is 395 g/mol. The Labute approximate surface area is 153 Å². The minimum absolute atomic E-state index is 0.628. The van der Waals surface area contributed by atoms with Crippen molar-refractivity contribution in [2.75, 3.05) is 0 Å². The van der Waals surface area contributed by atoms with Crippen LogP contribution in [0.1, 0.15) is 16.7 Å². The molecule has 0 aliphatic heterocycles. The van der Waals surface area contributed by atoms with Gasteiger partial charge in [0.2, 0.25) is 0 Å². The predicted octanol–water partition coefficient (Wildman–Crippen LogP) is 6.04. The Morgan fingerprint density at radius 3 is 1.26 bits per heavy atom. The van der Waals surface area contributed by atoms with Crippen molar-refractivity contribution in [3.63, 3.8) is 0 Å². The van der Waals surface area contributed by atoms with Crippen molar-refractivity contribution in [2.45, 2.75) is 5.60 Å². The number of hydrogen-bond acceptors (Lipinski definition) is 1. The minimum atomic E-state index is -1.28. The van der Waals surface area contributed by atoms with Crippen LogP contribution in [0.15, 0.2) is 77.3 Å². The molecule has 0 bridgehead atoms. The summed E-state index contributed by atoms with van der Waals surface area (Å²) >= 11 is 15.4. The van der Waals surface area contributed by atoms with Crippen molar-refractivity contribution in [1.82, 2.24) is 0 Å². The summed E-state index contributed by atoms with van der Waals surface area (Å²) in [6, 6.07) is 22.0. The molecule has 0 saturated carbocycles. The van der Waals surface area contributed by atoms with Crippen LogP contribution < -0.4 is 0 Å². The van der Waals surface area contributed by atoms with Gasteiger partial charge < -0.3 is 5.11 Å². The molecule has 116 valence electrons. The van der Waals surface area contributed by atoms with Gasteiger partial charge in [0.05, 0.1) is 0 Å². The first kappa shape index (κ1) is 16.5. The fourth-order valence-corrected chi connectivity index (χ4v) is 3.09. The topological polar surface area (TPSA) is 20.2 Å². The lowest BCUT2D eigenvalue weighted by atomic mass is 9.80. The molecule has 0 unspecified atom stereocenters. The molecule has 3 rings (SSSR count). The lowest BCUT2D eigenvalue weighted by Crippen LogP contribution is -2.28. The number of halogens is 3. The van der Waals surface area contributed by atoms with Crippen molar-refractivity contribution in [3.05, 3.63) is 104 Å². The summed E-state index contributed by atoms with van der Waals surface area (Å²) in [7, 11) is 0. The molecule has 4 heteroatoms. The average molecular weight is 408 g/mol. The van der Waals surface area contributed by atoms with E-state index in [9.17, 15) is 5.11 Å². The van der Waals surface area contributed by atoms with Crippen LogP contribution in [0.5, 0.6) is 0 Å². The average Bonchev–Trinajstić information content (AvgIpc) is 2.56. The second-order valence-corrected chi connectivity index (χ2v) is 7.02. The molecule has 0 amide bonds. The van der Waals surface area contributed by atoms with Crippen LogP contribution in [0.2, 0.25) is 10.0 Å². The molecule has 0 aliphatic rings. The van der Waals surface area contributed by atoms with Crippen LogP contribution in [0, 0.1) is 0 Å². The maximum atomic E-state index is 11.6. The molecular formula is C19H13BrCl2O.